The normalized spacial score (nSPS) is 11.3. The Labute approximate surface area is 119 Å². The van der Waals surface area contributed by atoms with Crippen LogP contribution in [-0.2, 0) is 29.2 Å². The van der Waals surface area contributed by atoms with Crippen LogP contribution in [0.15, 0.2) is 18.2 Å². The van der Waals surface area contributed by atoms with Gasteiger partial charge in [-0.15, -0.1) is 0 Å². The number of imidazole rings is 1. The van der Waals surface area contributed by atoms with Crippen molar-refractivity contribution in [3.05, 3.63) is 29.6 Å². The zero-order valence-corrected chi connectivity index (χ0v) is 12.3. The second-order valence-electron chi connectivity index (χ2n) is 4.75. The van der Waals surface area contributed by atoms with Gasteiger partial charge < -0.3 is 19.8 Å². The number of benzene rings is 1. The van der Waals surface area contributed by atoms with Crippen LogP contribution in [0.25, 0.3) is 11.0 Å². The van der Waals surface area contributed by atoms with Gasteiger partial charge in [-0.05, 0) is 24.1 Å². The van der Waals surface area contributed by atoms with E-state index in [0.29, 0.717) is 26.4 Å². The Kier molecular flexibility index (Phi) is 5.52. The molecule has 0 fully saturated rings. The van der Waals surface area contributed by atoms with Crippen LogP contribution in [0.4, 0.5) is 0 Å². The standard InChI is InChI=1S/C15H23N3O2/c1-3-6-18-14-5-4-12(10-16)9-13(14)17-15(18)11-20-8-7-19-2/h4-5,9H,3,6-8,10-11,16H2,1-2H3. The molecule has 20 heavy (non-hydrogen) atoms. The zero-order chi connectivity index (χ0) is 14.4. The molecule has 1 heterocycles. The number of nitrogens with two attached hydrogens (primary N) is 1. The van der Waals surface area contributed by atoms with Gasteiger partial charge in [0.1, 0.15) is 12.4 Å². The zero-order valence-electron chi connectivity index (χ0n) is 12.3. The molecule has 0 spiro atoms. The summed E-state index contributed by atoms with van der Waals surface area (Å²) in [4.78, 5) is 4.68. The summed E-state index contributed by atoms with van der Waals surface area (Å²) in [5.41, 5.74) is 8.93. The van der Waals surface area contributed by atoms with Crippen molar-refractivity contribution < 1.29 is 9.47 Å². The van der Waals surface area contributed by atoms with Gasteiger partial charge in [0.05, 0.1) is 24.2 Å². The highest BCUT2D eigenvalue weighted by Gasteiger charge is 2.10. The highest BCUT2D eigenvalue weighted by Crippen LogP contribution is 2.19. The first kappa shape index (κ1) is 15.0. The molecule has 2 aromatic rings. The minimum atomic E-state index is 0.510. The van der Waals surface area contributed by atoms with E-state index in [9.17, 15) is 0 Å². The first-order chi connectivity index (χ1) is 9.80. The smallest absolute Gasteiger partial charge is 0.135 e. The largest absolute Gasteiger partial charge is 0.382 e. The molecule has 0 atom stereocenters. The Balaban J connectivity index is 2.24. The number of nitrogens with zero attached hydrogens (tertiary/aromatic N) is 2. The number of ether oxygens (including phenoxy) is 2. The second kappa shape index (κ2) is 7.38. The lowest BCUT2D eigenvalue weighted by Crippen LogP contribution is -2.08. The van der Waals surface area contributed by atoms with Gasteiger partial charge in [0.15, 0.2) is 0 Å². The molecule has 0 amide bonds. The molecule has 110 valence electrons. The third-order valence-electron chi connectivity index (χ3n) is 3.24. The maximum atomic E-state index is 5.68. The molecule has 0 saturated heterocycles. The average molecular weight is 277 g/mol. The fourth-order valence-electron chi connectivity index (χ4n) is 2.24. The van der Waals surface area contributed by atoms with Crippen LogP contribution in [0.3, 0.4) is 0 Å². The first-order valence-corrected chi connectivity index (χ1v) is 7.05. The highest BCUT2D eigenvalue weighted by atomic mass is 16.5. The van der Waals surface area contributed by atoms with Gasteiger partial charge in [0, 0.05) is 20.2 Å². The van der Waals surface area contributed by atoms with Gasteiger partial charge in [0.2, 0.25) is 0 Å². The van der Waals surface area contributed by atoms with Crippen LogP contribution in [0.1, 0.15) is 24.7 Å². The Morgan fingerprint density at radius 1 is 1.30 bits per heavy atom. The summed E-state index contributed by atoms with van der Waals surface area (Å²) >= 11 is 0. The van der Waals surface area contributed by atoms with Crippen molar-refractivity contribution in [2.24, 2.45) is 5.73 Å². The Bertz CT molecular complexity index is 551. The molecule has 5 nitrogen and oxygen atoms in total. The highest BCUT2D eigenvalue weighted by molar-refractivity contribution is 5.76. The Hall–Kier alpha value is -1.43. The number of rotatable bonds is 8. The topological polar surface area (TPSA) is 62.3 Å². The molecule has 0 aliphatic heterocycles. The monoisotopic (exact) mass is 277 g/mol. The van der Waals surface area contributed by atoms with E-state index < -0.39 is 0 Å². The number of hydrogen-bond donors (Lipinski definition) is 1. The van der Waals surface area contributed by atoms with Gasteiger partial charge in [-0.2, -0.15) is 0 Å². The van der Waals surface area contributed by atoms with E-state index in [-0.39, 0.29) is 0 Å². The van der Waals surface area contributed by atoms with Crippen molar-refractivity contribution in [1.82, 2.24) is 9.55 Å². The summed E-state index contributed by atoms with van der Waals surface area (Å²) in [6.45, 7) is 5.34. The van der Waals surface area contributed by atoms with Crippen LogP contribution in [0.2, 0.25) is 0 Å². The van der Waals surface area contributed by atoms with Gasteiger partial charge in [-0.3, -0.25) is 0 Å². The number of aryl methyl sites for hydroxylation is 1. The van der Waals surface area contributed by atoms with E-state index >= 15 is 0 Å². The number of hydrogen-bond acceptors (Lipinski definition) is 4. The van der Waals surface area contributed by atoms with Crippen molar-refractivity contribution >= 4 is 11.0 Å². The third kappa shape index (κ3) is 3.36. The van der Waals surface area contributed by atoms with Gasteiger partial charge in [-0.1, -0.05) is 13.0 Å². The molecule has 1 aromatic heterocycles. The maximum Gasteiger partial charge on any atom is 0.135 e. The van der Waals surface area contributed by atoms with Gasteiger partial charge in [0.25, 0.3) is 0 Å². The molecule has 2 N–H and O–H groups in total. The fourth-order valence-corrected chi connectivity index (χ4v) is 2.24. The summed E-state index contributed by atoms with van der Waals surface area (Å²) in [6.07, 6.45) is 1.06. The van der Waals surface area contributed by atoms with Crippen LogP contribution in [0, 0.1) is 0 Å². The molecule has 5 heteroatoms. The number of methoxy groups -OCH3 is 1. The molecular weight excluding hydrogens is 254 g/mol. The summed E-state index contributed by atoms with van der Waals surface area (Å²) in [6, 6.07) is 6.21. The van der Waals surface area contributed by atoms with Crippen molar-refractivity contribution in [3.8, 4) is 0 Å². The predicted octanol–water partition coefficient (Wildman–Crippen LogP) is 2.07. The summed E-state index contributed by atoms with van der Waals surface area (Å²) in [5, 5.41) is 0. The van der Waals surface area contributed by atoms with Crippen LogP contribution in [0.5, 0.6) is 0 Å². The van der Waals surface area contributed by atoms with Crippen LogP contribution in [-0.4, -0.2) is 29.9 Å². The van der Waals surface area contributed by atoms with Crippen molar-refractivity contribution in [1.29, 1.82) is 0 Å². The van der Waals surface area contributed by atoms with Gasteiger partial charge in [-0.25, -0.2) is 4.98 Å². The fraction of sp³-hybridized carbons (Fsp3) is 0.533. The van der Waals surface area contributed by atoms with E-state index in [4.69, 9.17) is 15.2 Å². The number of aromatic nitrogens is 2. The predicted molar refractivity (Wildman–Crippen MR) is 79.4 cm³/mol. The lowest BCUT2D eigenvalue weighted by Gasteiger charge is -2.08. The van der Waals surface area contributed by atoms with Crippen LogP contribution < -0.4 is 5.73 Å². The van der Waals surface area contributed by atoms with Gasteiger partial charge >= 0.3 is 0 Å². The van der Waals surface area contributed by atoms with Crippen molar-refractivity contribution in [3.63, 3.8) is 0 Å². The molecule has 0 aliphatic rings. The molecule has 0 saturated carbocycles. The molecule has 2 rings (SSSR count). The van der Waals surface area contributed by atoms with E-state index in [0.717, 1.165) is 35.4 Å². The maximum absolute atomic E-state index is 5.68. The summed E-state index contributed by atoms with van der Waals surface area (Å²) in [5.74, 6) is 0.965. The average Bonchev–Trinajstić information content (AvgIpc) is 2.81. The molecule has 0 radical (unpaired) electrons. The summed E-state index contributed by atoms with van der Waals surface area (Å²) < 4.78 is 12.8. The van der Waals surface area contributed by atoms with E-state index in [2.05, 4.69) is 34.7 Å². The minimum Gasteiger partial charge on any atom is -0.382 e. The first-order valence-electron chi connectivity index (χ1n) is 7.05. The molecule has 0 aliphatic carbocycles. The second-order valence-corrected chi connectivity index (χ2v) is 4.75. The third-order valence-corrected chi connectivity index (χ3v) is 3.24. The Morgan fingerprint density at radius 2 is 2.15 bits per heavy atom. The lowest BCUT2D eigenvalue weighted by molar-refractivity contribution is 0.0575. The van der Waals surface area contributed by atoms with Crippen molar-refractivity contribution in [2.45, 2.75) is 33.0 Å². The minimum absolute atomic E-state index is 0.510. The van der Waals surface area contributed by atoms with E-state index in [1.54, 1.807) is 7.11 Å². The van der Waals surface area contributed by atoms with Crippen LogP contribution >= 0.6 is 0 Å². The molecule has 1 aromatic carbocycles. The molecule has 0 unspecified atom stereocenters. The lowest BCUT2D eigenvalue weighted by atomic mass is 10.2. The SMILES string of the molecule is CCCn1c(COCCOC)nc2cc(CN)ccc21. The molecular formula is C15H23N3O2. The Morgan fingerprint density at radius 3 is 2.85 bits per heavy atom. The quantitative estimate of drug-likeness (QED) is 0.750. The van der Waals surface area contributed by atoms with E-state index in [1.807, 2.05) is 0 Å². The summed E-state index contributed by atoms with van der Waals surface area (Å²) in [7, 11) is 1.67. The van der Waals surface area contributed by atoms with Crippen molar-refractivity contribution in [2.75, 3.05) is 20.3 Å². The molecule has 0 bridgehead atoms. The van der Waals surface area contributed by atoms with E-state index in [1.165, 1.54) is 0 Å². The number of fused-ring (bicyclic) bond motifs is 1.